The Bertz CT molecular complexity index is 944. The molecule has 2 aromatic rings. The van der Waals surface area contributed by atoms with Gasteiger partial charge in [-0.05, 0) is 49.3 Å². The summed E-state index contributed by atoms with van der Waals surface area (Å²) in [7, 11) is 0. The quantitative estimate of drug-likeness (QED) is 0.716. The lowest BCUT2D eigenvalue weighted by Crippen LogP contribution is -2.32. The molecule has 7 heteroatoms. The van der Waals surface area contributed by atoms with Crippen molar-refractivity contribution in [2.24, 2.45) is 0 Å². The number of terminal acetylenes is 1. The second-order valence-electron chi connectivity index (χ2n) is 7.45. The second kappa shape index (κ2) is 8.66. The summed E-state index contributed by atoms with van der Waals surface area (Å²) in [5.41, 5.74) is 2.89. The van der Waals surface area contributed by atoms with Gasteiger partial charge in [0.15, 0.2) is 0 Å². The highest BCUT2D eigenvalue weighted by molar-refractivity contribution is 7.16. The molecule has 1 unspecified atom stereocenters. The monoisotopic (exact) mass is 409 g/mol. The number of carbonyl (C=O) groups excluding carboxylic acids is 2. The molecule has 2 amide bonds. The van der Waals surface area contributed by atoms with Crippen LogP contribution in [0.5, 0.6) is 0 Å². The lowest BCUT2D eigenvalue weighted by atomic mass is 9.93. The van der Waals surface area contributed by atoms with Gasteiger partial charge in [0, 0.05) is 36.2 Å². The summed E-state index contributed by atoms with van der Waals surface area (Å²) in [6.07, 6.45) is 13.9. The average molecular weight is 410 g/mol. The van der Waals surface area contributed by atoms with Gasteiger partial charge in [0.05, 0.1) is 5.56 Å². The van der Waals surface area contributed by atoms with Crippen molar-refractivity contribution in [3.8, 4) is 12.3 Å². The number of thiophene rings is 1. The summed E-state index contributed by atoms with van der Waals surface area (Å²) in [6.45, 7) is 0. The summed E-state index contributed by atoms with van der Waals surface area (Å²) in [6, 6.07) is 4.10. The van der Waals surface area contributed by atoms with Crippen LogP contribution in [0.2, 0.25) is 0 Å². The van der Waals surface area contributed by atoms with Crippen molar-refractivity contribution in [1.29, 1.82) is 0 Å². The first-order chi connectivity index (χ1) is 14.1. The van der Waals surface area contributed by atoms with Gasteiger partial charge in [0.25, 0.3) is 0 Å². The van der Waals surface area contributed by atoms with E-state index in [0.717, 1.165) is 52.3 Å². The number of ether oxygens (including phenoxy) is 1. The Morgan fingerprint density at radius 2 is 2.21 bits per heavy atom. The number of aryl methyl sites for hydroxylation is 1. The zero-order chi connectivity index (χ0) is 20.2. The number of rotatable bonds is 6. The van der Waals surface area contributed by atoms with E-state index in [2.05, 4.69) is 21.5 Å². The maximum atomic E-state index is 12.4. The maximum absolute atomic E-state index is 12.4. The van der Waals surface area contributed by atoms with E-state index in [1.807, 2.05) is 12.1 Å². The third-order valence-corrected chi connectivity index (χ3v) is 6.32. The van der Waals surface area contributed by atoms with Gasteiger partial charge in [0.1, 0.15) is 11.1 Å². The Kier molecular flexibility index (Phi) is 5.81. The number of hydrogen-bond acceptors (Lipinski definition) is 5. The predicted octanol–water partition coefficient (Wildman–Crippen LogP) is 3.44. The molecule has 2 heterocycles. The molecule has 0 aliphatic heterocycles. The van der Waals surface area contributed by atoms with Crippen LogP contribution in [0.15, 0.2) is 24.5 Å². The summed E-state index contributed by atoms with van der Waals surface area (Å²) >= 11 is 1.50. The number of anilines is 1. The Labute approximate surface area is 174 Å². The molecule has 29 heavy (non-hydrogen) atoms. The number of amides is 2. The number of hydrogen-bond donors (Lipinski definition) is 2. The smallest absolute Gasteiger partial charge is 0.407 e. The number of pyridine rings is 1. The normalized spacial score (nSPS) is 17.7. The van der Waals surface area contributed by atoms with Crippen molar-refractivity contribution < 1.29 is 14.3 Å². The van der Waals surface area contributed by atoms with Gasteiger partial charge in [-0.25, -0.2) is 4.79 Å². The van der Waals surface area contributed by atoms with Crippen LogP contribution in [0.3, 0.4) is 0 Å². The molecule has 2 aliphatic carbocycles. The molecule has 0 bridgehead atoms. The van der Waals surface area contributed by atoms with Crippen LogP contribution in [0.1, 0.15) is 47.3 Å². The lowest BCUT2D eigenvalue weighted by molar-refractivity contribution is -0.116. The highest BCUT2D eigenvalue weighted by Gasteiger charge is 2.29. The molecule has 0 aromatic carbocycles. The number of fused-ring (bicyclic) bond motifs is 1. The number of nitrogens with zero attached hydrogens (tertiary/aromatic N) is 1. The molecule has 2 N–H and O–H groups in total. The molecule has 2 aliphatic rings. The van der Waals surface area contributed by atoms with Crippen LogP contribution < -0.4 is 10.6 Å². The molecule has 150 valence electrons. The lowest BCUT2D eigenvalue weighted by Gasteiger charge is -2.22. The van der Waals surface area contributed by atoms with Gasteiger partial charge >= 0.3 is 6.09 Å². The Balaban J connectivity index is 1.37. The molecule has 1 fully saturated rings. The topological polar surface area (TPSA) is 80.3 Å². The molecule has 0 saturated heterocycles. The van der Waals surface area contributed by atoms with E-state index in [-0.39, 0.29) is 24.1 Å². The molecular formula is C22H23N3O3S. The summed E-state index contributed by atoms with van der Waals surface area (Å²) in [4.78, 5) is 29.5. The van der Waals surface area contributed by atoms with E-state index in [0.29, 0.717) is 19.3 Å². The Morgan fingerprint density at radius 1 is 1.34 bits per heavy atom. The highest BCUT2D eigenvalue weighted by atomic mass is 32.1. The standard InChI is InChI=1S/C22H23N3O3S/c1-2-17-18-9-8-16(28-22(27)24-15-6-7-15)12-19(18)29-21(17)25-20(26)10-5-14-4-3-11-23-13-14/h1,3-4,11,13,15-16H,5-10,12H2,(H,24,27)(H,25,26). The number of alkyl carbamates (subject to hydrolysis) is 1. The summed E-state index contributed by atoms with van der Waals surface area (Å²) < 4.78 is 5.56. The van der Waals surface area contributed by atoms with Gasteiger partial charge in [0.2, 0.25) is 5.91 Å². The molecular weight excluding hydrogens is 386 g/mol. The van der Waals surface area contributed by atoms with E-state index in [4.69, 9.17) is 11.2 Å². The fourth-order valence-corrected chi connectivity index (χ4v) is 4.76. The van der Waals surface area contributed by atoms with Gasteiger partial charge in [-0.3, -0.25) is 9.78 Å². The summed E-state index contributed by atoms with van der Waals surface area (Å²) in [5.74, 6) is 2.67. The molecule has 2 aromatic heterocycles. The van der Waals surface area contributed by atoms with E-state index in [1.54, 1.807) is 12.4 Å². The molecule has 0 spiro atoms. The predicted molar refractivity (Wildman–Crippen MR) is 112 cm³/mol. The largest absolute Gasteiger partial charge is 0.446 e. The summed E-state index contributed by atoms with van der Waals surface area (Å²) in [5, 5.41) is 6.55. The van der Waals surface area contributed by atoms with Crippen LogP contribution in [0.25, 0.3) is 0 Å². The van der Waals surface area contributed by atoms with Crippen LogP contribution in [0.4, 0.5) is 9.80 Å². The fraction of sp³-hybridized carbons (Fsp3) is 0.409. The molecule has 4 rings (SSSR count). The first kappa shape index (κ1) is 19.5. The SMILES string of the molecule is C#Cc1c(NC(=O)CCc2cccnc2)sc2c1CCC(OC(=O)NC1CC1)C2. The van der Waals surface area contributed by atoms with Crippen molar-refractivity contribution >= 4 is 28.3 Å². The minimum absolute atomic E-state index is 0.0689. The third kappa shape index (κ3) is 4.96. The van der Waals surface area contributed by atoms with E-state index in [1.165, 1.54) is 11.3 Å². The third-order valence-electron chi connectivity index (χ3n) is 5.15. The van der Waals surface area contributed by atoms with Crippen molar-refractivity contribution in [3.63, 3.8) is 0 Å². The number of nitrogens with one attached hydrogen (secondary N) is 2. The van der Waals surface area contributed by atoms with Crippen molar-refractivity contribution in [2.45, 2.75) is 57.1 Å². The maximum Gasteiger partial charge on any atom is 0.407 e. The Hall–Kier alpha value is -2.85. The molecule has 1 atom stereocenters. The molecule has 1 saturated carbocycles. The van der Waals surface area contributed by atoms with Crippen molar-refractivity contribution in [3.05, 3.63) is 46.1 Å². The first-order valence-corrected chi connectivity index (χ1v) is 10.7. The second-order valence-corrected chi connectivity index (χ2v) is 8.56. The highest BCUT2D eigenvalue weighted by Crippen LogP contribution is 2.38. The van der Waals surface area contributed by atoms with Crippen LogP contribution in [-0.2, 0) is 28.8 Å². The fourth-order valence-electron chi connectivity index (χ4n) is 3.47. The van der Waals surface area contributed by atoms with Crippen molar-refractivity contribution in [2.75, 3.05) is 5.32 Å². The number of aromatic nitrogens is 1. The first-order valence-electron chi connectivity index (χ1n) is 9.89. The zero-order valence-electron chi connectivity index (χ0n) is 16.1. The van der Waals surface area contributed by atoms with Gasteiger partial charge in [-0.2, -0.15) is 0 Å². The van der Waals surface area contributed by atoms with Gasteiger partial charge in [-0.15, -0.1) is 17.8 Å². The van der Waals surface area contributed by atoms with Crippen LogP contribution >= 0.6 is 11.3 Å². The minimum Gasteiger partial charge on any atom is -0.446 e. The average Bonchev–Trinajstić information content (AvgIpc) is 3.46. The minimum atomic E-state index is -0.335. The van der Waals surface area contributed by atoms with E-state index < -0.39 is 0 Å². The molecule has 6 nitrogen and oxygen atoms in total. The van der Waals surface area contributed by atoms with Crippen LogP contribution in [-0.4, -0.2) is 29.1 Å². The van der Waals surface area contributed by atoms with Gasteiger partial charge in [-0.1, -0.05) is 12.0 Å². The zero-order valence-corrected chi connectivity index (χ0v) is 16.9. The Morgan fingerprint density at radius 3 is 2.93 bits per heavy atom. The molecule has 0 radical (unpaired) electrons. The van der Waals surface area contributed by atoms with Crippen LogP contribution in [0, 0.1) is 12.3 Å². The van der Waals surface area contributed by atoms with Crippen molar-refractivity contribution in [1.82, 2.24) is 10.3 Å². The van der Waals surface area contributed by atoms with Gasteiger partial charge < -0.3 is 15.4 Å². The van der Waals surface area contributed by atoms with E-state index >= 15 is 0 Å². The number of carbonyl (C=O) groups is 2. The van der Waals surface area contributed by atoms with E-state index in [9.17, 15) is 9.59 Å².